The van der Waals surface area contributed by atoms with Crippen molar-refractivity contribution in [2.45, 2.75) is 61.0 Å². The molecule has 0 rings (SSSR count). The third-order valence-corrected chi connectivity index (χ3v) is 3.28. The lowest BCUT2D eigenvalue weighted by Gasteiger charge is -2.03. The van der Waals surface area contributed by atoms with Gasteiger partial charge in [-0.2, -0.15) is 12.6 Å². The first-order valence-corrected chi connectivity index (χ1v) is 7.55. The van der Waals surface area contributed by atoms with Crippen molar-refractivity contribution in [2.75, 3.05) is 6.54 Å². The Morgan fingerprint density at radius 2 is 1.27 bits per heavy atom. The van der Waals surface area contributed by atoms with Gasteiger partial charge in [-0.1, -0.05) is 67.5 Å². The van der Waals surface area contributed by atoms with Gasteiger partial charge in [0.15, 0.2) is 0 Å². The summed E-state index contributed by atoms with van der Waals surface area (Å²) in [4.78, 5) is 0. The van der Waals surface area contributed by atoms with E-state index in [1.54, 1.807) is 0 Å². The van der Waals surface area contributed by atoms with Gasteiger partial charge in [-0.25, -0.2) is 0 Å². The first kappa shape index (κ1) is 18.7. The quantitative estimate of drug-likeness (QED) is 0.252. The van der Waals surface area contributed by atoms with Gasteiger partial charge in [0, 0.05) is 0 Å². The molecule has 94 valence electrons. The van der Waals surface area contributed by atoms with E-state index in [1.807, 2.05) is 0 Å². The maximum absolute atomic E-state index is 5.43. The Balaban J connectivity index is 0. The SMILES string of the molecule is Cl.NCCCCCCCCCCC(S)I. The summed E-state index contributed by atoms with van der Waals surface area (Å²) in [6.07, 6.45) is 12.1. The molecule has 1 nitrogen and oxygen atoms in total. The number of hydrogen-bond donors (Lipinski definition) is 2. The molecule has 2 N–H and O–H groups in total. The zero-order valence-corrected chi connectivity index (χ0v) is 13.3. The fraction of sp³-hybridized carbons (Fsp3) is 1.00. The number of nitrogens with two attached hydrogens (primary N) is 1. The number of thiol groups is 1. The molecule has 0 heterocycles. The highest BCUT2D eigenvalue weighted by molar-refractivity contribution is 14.1. The molecule has 1 atom stereocenters. The first-order valence-electron chi connectivity index (χ1n) is 5.79. The van der Waals surface area contributed by atoms with Crippen LogP contribution in [0.15, 0.2) is 0 Å². The van der Waals surface area contributed by atoms with E-state index in [2.05, 4.69) is 35.2 Å². The second-order valence-corrected chi connectivity index (χ2v) is 6.95. The normalized spacial score (nSPS) is 12.2. The molecule has 15 heavy (non-hydrogen) atoms. The summed E-state index contributed by atoms with van der Waals surface area (Å²) in [7, 11) is 0. The fourth-order valence-electron chi connectivity index (χ4n) is 1.52. The molecule has 0 aliphatic heterocycles. The van der Waals surface area contributed by atoms with Crippen LogP contribution in [0.4, 0.5) is 0 Å². The van der Waals surface area contributed by atoms with Crippen molar-refractivity contribution >= 4 is 47.6 Å². The predicted octanol–water partition coefficient (Wildman–Crippen LogP) is 4.57. The average molecular weight is 366 g/mol. The van der Waals surface area contributed by atoms with Gasteiger partial charge in [0.1, 0.15) is 0 Å². The van der Waals surface area contributed by atoms with E-state index in [-0.39, 0.29) is 12.4 Å². The van der Waals surface area contributed by atoms with E-state index in [0.717, 1.165) is 6.54 Å². The van der Waals surface area contributed by atoms with E-state index in [9.17, 15) is 0 Å². The van der Waals surface area contributed by atoms with Gasteiger partial charge >= 0.3 is 0 Å². The third kappa shape index (κ3) is 17.9. The van der Waals surface area contributed by atoms with Crippen molar-refractivity contribution in [3.8, 4) is 0 Å². The van der Waals surface area contributed by atoms with E-state index in [0.29, 0.717) is 3.26 Å². The number of rotatable bonds is 10. The van der Waals surface area contributed by atoms with Crippen molar-refractivity contribution in [3.63, 3.8) is 0 Å². The highest BCUT2D eigenvalue weighted by Crippen LogP contribution is 2.16. The molecule has 0 aliphatic carbocycles. The van der Waals surface area contributed by atoms with Gasteiger partial charge in [-0.3, -0.25) is 0 Å². The number of unbranched alkanes of at least 4 members (excludes halogenated alkanes) is 7. The van der Waals surface area contributed by atoms with Crippen LogP contribution in [-0.4, -0.2) is 9.80 Å². The lowest BCUT2D eigenvalue weighted by molar-refractivity contribution is 0.567. The molecular formula is C11H25ClINS. The topological polar surface area (TPSA) is 26.0 Å². The second kappa shape index (κ2) is 15.3. The van der Waals surface area contributed by atoms with Crippen LogP contribution >= 0.6 is 47.6 Å². The van der Waals surface area contributed by atoms with Crippen molar-refractivity contribution in [1.82, 2.24) is 0 Å². The van der Waals surface area contributed by atoms with Crippen LogP contribution in [0.3, 0.4) is 0 Å². The predicted molar refractivity (Wildman–Crippen MR) is 84.6 cm³/mol. The highest BCUT2D eigenvalue weighted by Gasteiger charge is 1.96. The average Bonchev–Trinajstić information content (AvgIpc) is 2.15. The molecule has 0 spiro atoms. The first-order chi connectivity index (χ1) is 6.77. The Morgan fingerprint density at radius 3 is 1.67 bits per heavy atom. The summed E-state index contributed by atoms with van der Waals surface area (Å²) in [5.74, 6) is 0. The van der Waals surface area contributed by atoms with E-state index >= 15 is 0 Å². The fourth-order valence-corrected chi connectivity index (χ4v) is 2.14. The maximum atomic E-state index is 5.43. The highest BCUT2D eigenvalue weighted by atomic mass is 127. The lowest BCUT2D eigenvalue weighted by Crippen LogP contribution is -1.97. The van der Waals surface area contributed by atoms with Crippen LogP contribution in [0.2, 0.25) is 0 Å². The molecule has 0 aromatic heterocycles. The molecule has 0 radical (unpaired) electrons. The Hall–Kier alpha value is 1.33. The zero-order valence-electron chi connectivity index (χ0n) is 9.46. The smallest absolute Gasteiger partial charge is 0.0534 e. The Kier molecular flexibility index (Phi) is 19.1. The minimum Gasteiger partial charge on any atom is -0.330 e. The van der Waals surface area contributed by atoms with Gasteiger partial charge < -0.3 is 5.73 Å². The molecule has 0 aromatic carbocycles. The molecule has 0 saturated heterocycles. The minimum atomic E-state index is 0. The van der Waals surface area contributed by atoms with Gasteiger partial charge in [0.2, 0.25) is 0 Å². The van der Waals surface area contributed by atoms with Gasteiger partial charge in [-0.15, -0.1) is 12.4 Å². The van der Waals surface area contributed by atoms with Crippen LogP contribution in [0, 0.1) is 0 Å². The van der Waals surface area contributed by atoms with Gasteiger partial charge in [0.05, 0.1) is 3.26 Å². The summed E-state index contributed by atoms with van der Waals surface area (Å²) in [6, 6.07) is 0. The standard InChI is InChI=1S/C11H24INS.ClH/c12-11(14)9-7-5-3-1-2-4-6-8-10-13;/h11,14H,1-10,13H2;1H. The molecule has 0 saturated carbocycles. The second-order valence-electron chi connectivity index (χ2n) is 3.84. The van der Waals surface area contributed by atoms with Gasteiger partial charge in [-0.05, 0) is 19.4 Å². The Bertz CT molecular complexity index is 115. The van der Waals surface area contributed by atoms with E-state index in [4.69, 9.17) is 5.73 Å². The van der Waals surface area contributed by atoms with Crippen molar-refractivity contribution in [2.24, 2.45) is 5.73 Å². The minimum absolute atomic E-state index is 0. The lowest BCUT2D eigenvalue weighted by atomic mass is 10.1. The Labute approximate surface area is 120 Å². The summed E-state index contributed by atoms with van der Waals surface area (Å²) in [6.45, 7) is 0.860. The number of alkyl halides is 1. The summed E-state index contributed by atoms with van der Waals surface area (Å²) in [5.41, 5.74) is 5.43. The van der Waals surface area contributed by atoms with Gasteiger partial charge in [0.25, 0.3) is 0 Å². The van der Waals surface area contributed by atoms with E-state index in [1.165, 1.54) is 57.8 Å². The van der Waals surface area contributed by atoms with Crippen LogP contribution in [0.25, 0.3) is 0 Å². The molecule has 0 fully saturated rings. The molecule has 0 aromatic rings. The summed E-state index contributed by atoms with van der Waals surface area (Å²) < 4.78 is 0.553. The van der Waals surface area contributed by atoms with Crippen LogP contribution in [0.5, 0.6) is 0 Å². The van der Waals surface area contributed by atoms with Crippen LogP contribution in [0.1, 0.15) is 57.8 Å². The molecular weight excluding hydrogens is 341 g/mol. The zero-order chi connectivity index (χ0) is 10.6. The maximum Gasteiger partial charge on any atom is 0.0534 e. The molecule has 1 unspecified atom stereocenters. The van der Waals surface area contributed by atoms with Crippen LogP contribution in [-0.2, 0) is 0 Å². The van der Waals surface area contributed by atoms with Crippen LogP contribution < -0.4 is 5.73 Å². The number of hydrogen-bond acceptors (Lipinski definition) is 2. The number of halogens is 2. The molecule has 4 heteroatoms. The molecule has 0 aliphatic rings. The largest absolute Gasteiger partial charge is 0.330 e. The van der Waals surface area contributed by atoms with Crippen molar-refractivity contribution in [1.29, 1.82) is 0 Å². The molecule has 0 bridgehead atoms. The molecule has 0 amide bonds. The van der Waals surface area contributed by atoms with E-state index < -0.39 is 0 Å². The monoisotopic (exact) mass is 365 g/mol. The summed E-state index contributed by atoms with van der Waals surface area (Å²) in [5, 5.41) is 0. The summed E-state index contributed by atoms with van der Waals surface area (Å²) >= 11 is 6.73. The van der Waals surface area contributed by atoms with Crippen molar-refractivity contribution in [3.05, 3.63) is 0 Å². The Morgan fingerprint density at radius 1 is 0.867 bits per heavy atom. The van der Waals surface area contributed by atoms with Crippen molar-refractivity contribution < 1.29 is 0 Å². The third-order valence-electron chi connectivity index (χ3n) is 2.40.